The molecule has 0 saturated carbocycles. The van der Waals surface area contributed by atoms with Crippen molar-refractivity contribution in [1.82, 2.24) is 30.3 Å². The Bertz CT molecular complexity index is 2780. The second kappa shape index (κ2) is 37.1. The van der Waals surface area contributed by atoms with E-state index in [9.17, 15) is 57.8 Å². The van der Waals surface area contributed by atoms with Crippen molar-refractivity contribution in [2.75, 3.05) is 97.1 Å². The van der Waals surface area contributed by atoms with E-state index in [1.54, 1.807) is 17.2 Å². The van der Waals surface area contributed by atoms with Crippen LogP contribution in [0.3, 0.4) is 0 Å². The Hall–Kier alpha value is -6.88. The first kappa shape index (κ1) is 72.6. The van der Waals surface area contributed by atoms with Crippen molar-refractivity contribution in [3.8, 4) is 11.1 Å². The number of ketones is 1. The normalized spacial score (nSPS) is 13.9. The lowest BCUT2D eigenvalue weighted by Crippen LogP contribution is -2.53. The fourth-order valence-electron chi connectivity index (χ4n) is 9.07. The highest BCUT2D eigenvalue weighted by Crippen LogP contribution is 2.41. The summed E-state index contributed by atoms with van der Waals surface area (Å²) in [6.07, 6.45) is 2.43. The van der Waals surface area contributed by atoms with Gasteiger partial charge in [0, 0.05) is 101 Å². The number of amides is 6. The first-order valence-corrected chi connectivity index (χ1v) is 33.7. The molecule has 480 valence electrons. The van der Waals surface area contributed by atoms with Crippen LogP contribution in [0.1, 0.15) is 70.2 Å². The first-order chi connectivity index (χ1) is 41.2. The Balaban J connectivity index is 1.40. The van der Waals surface area contributed by atoms with E-state index < -0.39 is 103 Å². The van der Waals surface area contributed by atoms with Crippen LogP contribution in [-0.4, -0.2) is 195 Å². The van der Waals surface area contributed by atoms with E-state index in [1.807, 2.05) is 55.7 Å². The number of aromatic nitrogens is 1. The Labute approximate surface area is 511 Å². The SMILES string of the molecule is CC(C)(C)[C@H](c1cc(-c2cc(F)ccc2F)cn1Cc1ccccc1)N(CCCNC(=O)OCC[Si](C)(C)C)C(=O)CSCC(C(=O)[C@@H](N)CCC(=O)O)[C@H](NC(=O)CCOCCOCCOCCOCCNC(=O)CCN1C(=O)C=CC1=O)C(=O)O. The molecule has 1 aromatic heterocycles. The van der Waals surface area contributed by atoms with Gasteiger partial charge in [-0.15, -0.1) is 0 Å². The average molecular weight is 1260 g/mol. The van der Waals surface area contributed by atoms with Crippen LogP contribution in [0, 0.1) is 23.0 Å². The summed E-state index contributed by atoms with van der Waals surface area (Å²) in [5, 5.41) is 27.7. The number of hydrogen-bond donors (Lipinski definition) is 6. The standard InChI is InChI=1S/C60H85F2N7O16SSi/c1-60(2,3)57(48-35-42(44-36-43(61)13-14-46(44)62)38-67(48)37-41-11-8-7-9-12-41)69(23-10-21-65-59(80)85-33-34-87(4,5)6)53(74)40-86-39-45(56(77)47(63)15-18-54(75)76)55(58(78)79)66-50(71)20-25-81-27-29-83-31-32-84-30-28-82-26-22-64-49(70)19-24-68-51(72)16-17-52(68)73/h7-9,11-14,16-17,35-36,38,45,47,55,57H,10,15,18-34,37,39-40,63H2,1-6H3,(H,64,70)(H,65,80)(H,66,71)(H,75,76)(H,78,79)/t45?,47-,55-,57-/m0/s1. The minimum Gasteiger partial charge on any atom is -0.481 e. The Kier molecular flexibility index (Phi) is 30.9. The van der Waals surface area contributed by atoms with Crippen LogP contribution in [0.5, 0.6) is 0 Å². The maximum absolute atomic E-state index is 15.5. The van der Waals surface area contributed by atoms with Gasteiger partial charge in [0.25, 0.3) is 11.8 Å². The molecular formula is C60H85F2N7O16SSi. The number of thioether (sulfide) groups is 1. The Morgan fingerprint density at radius 1 is 0.770 bits per heavy atom. The number of nitrogens with one attached hydrogen (secondary N) is 3. The average Bonchev–Trinajstić information content (AvgIpc) is 2.02. The van der Waals surface area contributed by atoms with Crippen molar-refractivity contribution in [3.05, 3.63) is 95.8 Å². The van der Waals surface area contributed by atoms with Crippen molar-refractivity contribution in [3.63, 3.8) is 0 Å². The van der Waals surface area contributed by atoms with Crippen molar-refractivity contribution in [2.24, 2.45) is 17.1 Å². The van der Waals surface area contributed by atoms with Gasteiger partial charge < -0.3 is 65.0 Å². The number of carboxylic acid groups (broad SMARTS) is 2. The molecule has 3 aromatic rings. The molecule has 0 fully saturated rings. The van der Waals surface area contributed by atoms with Crippen LogP contribution in [0.25, 0.3) is 11.1 Å². The highest BCUT2D eigenvalue weighted by molar-refractivity contribution is 7.99. The molecule has 1 unspecified atom stereocenters. The molecule has 6 amide bonds. The lowest BCUT2D eigenvalue weighted by atomic mass is 9.83. The fraction of sp³-hybridized carbons (Fsp3) is 0.550. The van der Waals surface area contributed by atoms with E-state index in [4.69, 9.17) is 29.4 Å². The lowest BCUT2D eigenvalue weighted by molar-refractivity contribution is -0.146. The third-order valence-electron chi connectivity index (χ3n) is 13.6. The van der Waals surface area contributed by atoms with E-state index >= 15 is 4.39 Å². The molecule has 0 radical (unpaired) electrons. The topological polar surface area (TPSA) is 314 Å². The summed E-state index contributed by atoms with van der Waals surface area (Å²) in [4.78, 5) is 117. The van der Waals surface area contributed by atoms with Crippen LogP contribution in [0.2, 0.25) is 25.7 Å². The first-order valence-electron chi connectivity index (χ1n) is 28.9. The van der Waals surface area contributed by atoms with Crippen molar-refractivity contribution in [1.29, 1.82) is 0 Å². The maximum atomic E-state index is 15.5. The molecule has 0 bridgehead atoms. The van der Waals surface area contributed by atoms with Gasteiger partial charge in [0.15, 0.2) is 5.78 Å². The molecule has 2 aromatic carbocycles. The number of nitrogens with zero attached hydrogens (tertiary/aromatic N) is 3. The molecule has 0 spiro atoms. The molecule has 23 nitrogen and oxygen atoms in total. The number of carbonyl (C=O) groups is 9. The summed E-state index contributed by atoms with van der Waals surface area (Å²) in [5.74, 6) is -9.73. The molecule has 4 atom stereocenters. The van der Waals surface area contributed by atoms with Crippen molar-refractivity contribution in [2.45, 2.75) is 103 Å². The van der Waals surface area contributed by atoms with Gasteiger partial charge in [-0.1, -0.05) is 70.7 Å². The molecule has 0 aliphatic carbocycles. The van der Waals surface area contributed by atoms with Crippen LogP contribution in [-0.2, 0) is 68.6 Å². The maximum Gasteiger partial charge on any atom is 0.407 e. The zero-order valence-electron chi connectivity index (χ0n) is 50.5. The van der Waals surface area contributed by atoms with Gasteiger partial charge in [-0.25, -0.2) is 18.4 Å². The molecular weight excluding hydrogens is 1170 g/mol. The number of ether oxygens (including phenoxy) is 5. The number of alkyl carbamates (subject to hydrolysis) is 1. The number of hydrogen-bond acceptors (Lipinski definition) is 16. The minimum absolute atomic E-state index is 0.000868. The van der Waals surface area contributed by atoms with E-state index in [2.05, 4.69) is 35.6 Å². The van der Waals surface area contributed by atoms with Crippen LogP contribution in [0.4, 0.5) is 13.6 Å². The summed E-state index contributed by atoms with van der Waals surface area (Å²) in [6.45, 7) is 14.3. The number of carbonyl (C=O) groups excluding carboxylic acids is 7. The van der Waals surface area contributed by atoms with Gasteiger partial charge in [0.1, 0.15) is 17.7 Å². The Morgan fingerprint density at radius 3 is 2.01 bits per heavy atom. The number of rotatable bonds is 42. The second-order valence-corrected chi connectivity index (χ2v) is 29.5. The van der Waals surface area contributed by atoms with Gasteiger partial charge >= 0.3 is 18.0 Å². The zero-order valence-corrected chi connectivity index (χ0v) is 52.3. The van der Waals surface area contributed by atoms with E-state index in [1.165, 1.54) is 0 Å². The number of nitrogens with two attached hydrogens (primary N) is 1. The van der Waals surface area contributed by atoms with Gasteiger partial charge in [0.2, 0.25) is 17.7 Å². The van der Waals surface area contributed by atoms with Crippen LogP contribution >= 0.6 is 11.8 Å². The number of carboxylic acids is 2. The molecule has 4 rings (SSSR count). The highest BCUT2D eigenvalue weighted by Gasteiger charge is 2.40. The number of benzene rings is 2. The van der Waals surface area contributed by atoms with Crippen molar-refractivity contribution >= 4 is 73.2 Å². The monoisotopic (exact) mass is 1260 g/mol. The van der Waals surface area contributed by atoms with E-state index in [-0.39, 0.29) is 141 Å². The van der Waals surface area contributed by atoms with Gasteiger partial charge in [-0.3, -0.25) is 38.5 Å². The van der Waals surface area contributed by atoms with Crippen molar-refractivity contribution < 1.29 is 85.8 Å². The third kappa shape index (κ3) is 26.6. The number of aliphatic carboxylic acids is 2. The fourth-order valence-corrected chi connectivity index (χ4v) is 10.9. The lowest BCUT2D eigenvalue weighted by Gasteiger charge is -2.41. The number of imide groups is 1. The smallest absolute Gasteiger partial charge is 0.407 e. The van der Waals surface area contributed by atoms with Crippen LogP contribution < -0.4 is 21.7 Å². The molecule has 27 heteroatoms. The van der Waals surface area contributed by atoms with Crippen LogP contribution in [0.15, 0.2) is 72.9 Å². The van der Waals surface area contributed by atoms with Gasteiger partial charge in [-0.05, 0) is 54.1 Å². The number of Topliss-reactive ketones (excluding diaryl/α,β-unsaturated/α-hetero) is 1. The summed E-state index contributed by atoms with van der Waals surface area (Å²) in [5.41, 5.74) is 7.23. The van der Waals surface area contributed by atoms with E-state index in [0.29, 0.717) is 11.3 Å². The summed E-state index contributed by atoms with van der Waals surface area (Å²) < 4.78 is 59.4. The predicted molar refractivity (Wildman–Crippen MR) is 323 cm³/mol. The molecule has 0 saturated heterocycles. The highest BCUT2D eigenvalue weighted by atomic mass is 32.2. The molecule has 2 heterocycles. The molecule has 7 N–H and O–H groups in total. The quantitative estimate of drug-likeness (QED) is 0.0234. The summed E-state index contributed by atoms with van der Waals surface area (Å²) >= 11 is 0.909. The molecule has 87 heavy (non-hydrogen) atoms. The molecule has 1 aliphatic heterocycles. The summed E-state index contributed by atoms with van der Waals surface area (Å²) in [7, 11) is -1.50. The Morgan fingerprint density at radius 2 is 1.40 bits per heavy atom. The second-order valence-electron chi connectivity index (χ2n) is 22.9. The number of halogens is 2. The largest absolute Gasteiger partial charge is 0.481 e. The summed E-state index contributed by atoms with van der Waals surface area (Å²) in [6, 6.07) is 11.0. The molecule has 1 aliphatic rings. The van der Waals surface area contributed by atoms with E-state index in [0.717, 1.165) is 58.6 Å². The minimum atomic E-state index is -1.85. The van der Waals surface area contributed by atoms with Gasteiger partial charge in [-0.2, -0.15) is 11.8 Å². The predicted octanol–water partition coefficient (Wildman–Crippen LogP) is 5.42. The third-order valence-corrected chi connectivity index (χ3v) is 16.3. The zero-order chi connectivity index (χ0) is 64.1. The van der Waals surface area contributed by atoms with Gasteiger partial charge in [0.05, 0.1) is 83.2 Å².